The van der Waals surface area contributed by atoms with Gasteiger partial charge in [0.1, 0.15) is 0 Å². The lowest BCUT2D eigenvalue weighted by Crippen LogP contribution is -2.22. The highest BCUT2D eigenvalue weighted by molar-refractivity contribution is 7.98. The molecule has 4 heteroatoms. The summed E-state index contributed by atoms with van der Waals surface area (Å²) in [6.45, 7) is 3.24. The van der Waals surface area contributed by atoms with Gasteiger partial charge in [0, 0.05) is 36.1 Å². The molecule has 0 saturated heterocycles. The molecule has 0 heterocycles. The van der Waals surface area contributed by atoms with Crippen LogP contribution in [0.5, 0.6) is 0 Å². The minimum atomic E-state index is 0.580. The summed E-state index contributed by atoms with van der Waals surface area (Å²) in [4.78, 5) is 3.75. The molecule has 0 aliphatic heterocycles. The molecule has 3 aromatic carbocycles. The summed E-state index contributed by atoms with van der Waals surface area (Å²) in [6, 6.07) is 25.5. The molecule has 27 heavy (non-hydrogen) atoms. The van der Waals surface area contributed by atoms with Crippen LogP contribution in [0.25, 0.3) is 0 Å². The number of nitrogens with two attached hydrogens (primary N) is 1. The monoisotopic (exact) mass is 396 g/mol. The highest BCUT2D eigenvalue weighted by Crippen LogP contribution is 2.19. The molecule has 0 amide bonds. The molecular weight excluding hydrogens is 372 g/mol. The lowest BCUT2D eigenvalue weighted by atomic mass is 10.1. The molecule has 3 aromatic rings. The van der Waals surface area contributed by atoms with Crippen LogP contribution in [0.4, 0.5) is 0 Å². The third kappa shape index (κ3) is 6.12. The van der Waals surface area contributed by atoms with Crippen molar-refractivity contribution in [2.75, 3.05) is 6.26 Å². The van der Waals surface area contributed by atoms with E-state index in [4.69, 9.17) is 17.3 Å². The van der Waals surface area contributed by atoms with E-state index in [0.717, 1.165) is 30.2 Å². The van der Waals surface area contributed by atoms with Gasteiger partial charge in [0.05, 0.1) is 0 Å². The van der Waals surface area contributed by atoms with Gasteiger partial charge in [0.2, 0.25) is 0 Å². The minimum absolute atomic E-state index is 0.580. The van der Waals surface area contributed by atoms with Gasteiger partial charge in [-0.3, -0.25) is 4.90 Å². The molecule has 3 rings (SSSR count). The van der Waals surface area contributed by atoms with Crippen LogP contribution in [0.1, 0.15) is 22.3 Å². The maximum absolute atomic E-state index is 6.04. The van der Waals surface area contributed by atoms with Gasteiger partial charge < -0.3 is 5.73 Å². The van der Waals surface area contributed by atoms with Crippen molar-refractivity contribution in [1.82, 2.24) is 4.90 Å². The Labute approximate surface area is 171 Å². The van der Waals surface area contributed by atoms with Gasteiger partial charge in [-0.15, -0.1) is 11.8 Å². The summed E-state index contributed by atoms with van der Waals surface area (Å²) < 4.78 is 0. The Bertz CT molecular complexity index is 780. The molecule has 0 radical (unpaired) electrons. The van der Waals surface area contributed by atoms with Gasteiger partial charge in [-0.05, 0) is 52.8 Å². The Morgan fingerprint density at radius 3 is 1.56 bits per heavy atom. The molecule has 0 atom stereocenters. The number of hydrogen-bond acceptors (Lipinski definition) is 3. The van der Waals surface area contributed by atoms with E-state index in [1.165, 1.54) is 21.6 Å². The zero-order valence-corrected chi connectivity index (χ0v) is 17.1. The summed E-state index contributed by atoms with van der Waals surface area (Å²) in [5.41, 5.74) is 10.8. The number of benzene rings is 3. The third-order valence-corrected chi connectivity index (χ3v) is 5.55. The standard InChI is InChI=1S/C23H25ClN2S/c1-27-23-12-8-21(9-13-23)17-26(16-20-6-10-22(24)11-7-20)15-19-4-2-18(14-25)3-5-19/h2-13H,14-17,25H2,1H3. The van der Waals surface area contributed by atoms with Crippen LogP contribution in [0.3, 0.4) is 0 Å². The van der Waals surface area contributed by atoms with E-state index >= 15 is 0 Å². The van der Waals surface area contributed by atoms with Crippen LogP contribution in [0.15, 0.2) is 77.7 Å². The van der Waals surface area contributed by atoms with Crippen molar-refractivity contribution < 1.29 is 0 Å². The van der Waals surface area contributed by atoms with E-state index in [-0.39, 0.29) is 0 Å². The quantitative estimate of drug-likeness (QED) is 0.493. The Morgan fingerprint density at radius 2 is 1.11 bits per heavy atom. The van der Waals surface area contributed by atoms with Crippen LogP contribution in [0, 0.1) is 0 Å². The average Bonchev–Trinajstić information content (AvgIpc) is 2.71. The first-order valence-electron chi connectivity index (χ1n) is 9.04. The molecular formula is C23H25ClN2S. The lowest BCUT2D eigenvalue weighted by Gasteiger charge is -2.23. The minimum Gasteiger partial charge on any atom is -0.326 e. The smallest absolute Gasteiger partial charge is 0.0406 e. The van der Waals surface area contributed by atoms with Crippen LogP contribution >= 0.6 is 23.4 Å². The molecule has 0 unspecified atom stereocenters. The van der Waals surface area contributed by atoms with E-state index in [2.05, 4.69) is 71.8 Å². The fourth-order valence-electron chi connectivity index (χ4n) is 3.04. The molecule has 0 aliphatic carbocycles. The Balaban J connectivity index is 1.76. The molecule has 0 saturated carbocycles. The van der Waals surface area contributed by atoms with Gasteiger partial charge in [-0.2, -0.15) is 0 Å². The molecule has 0 aliphatic rings. The Hall–Kier alpha value is -1.78. The third-order valence-electron chi connectivity index (χ3n) is 4.55. The lowest BCUT2D eigenvalue weighted by molar-refractivity contribution is 0.247. The van der Waals surface area contributed by atoms with Crippen LogP contribution < -0.4 is 5.73 Å². The van der Waals surface area contributed by atoms with E-state index in [9.17, 15) is 0 Å². The van der Waals surface area contributed by atoms with Crippen molar-refractivity contribution in [2.45, 2.75) is 31.1 Å². The first-order chi connectivity index (χ1) is 13.2. The molecule has 0 fully saturated rings. The van der Waals surface area contributed by atoms with Crippen molar-refractivity contribution >= 4 is 23.4 Å². The molecule has 0 spiro atoms. The first-order valence-corrected chi connectivity index (χ1v) is 10.6. The molecule has 140 valence electrons. The van der Waals surface area contributed by atoms with Gasteiger partial charge >= 0.3 is 0 Å². The van der Waals surface area contributed by atoms with Crippen LogP contribution in [-0.4, -0.2) is 11.2 Å². The predicted octanol–water partition coefficient (Wildman–Crippen LogP) is 5.72. The van der Waals surface area contributed by atoms with Gasteiger partial charge in [-0.1, -0.05) is 60.1 Å². The number of thioether (sulfide) groups is 1. The Morgan fingerprint density at radius 1 is 0.704 bits per heavy atom. The molecule has 2 N–H and O–H groups in total. The average molecular weight is 397 g/mol. The second kappa shape index (κ2) is 9.95. The normalized spacial score (nSPS) is 11.1. The fraction of sp³-hybridized carbons (Fsp3) is 0.217. The number of halogens is 1. The zero-order valence-electron chi connectivity index (χ0n) is 15.6. The zero-order chi connectivity index (χ0) is 19.1. The molecule has 0 bridgehead atoms. The van der Waals surface area contributed by atoms with Gasteiger partial charge in [-0.25, -0.2) is 0 Å². The molecule has 0 aromatic heterocycles. The van der Waals surface area contributed by atoms with Gasteiger partial charge in [0.15, 0.2) is 0 Å². The summed E-state index contributed by atoms with van der Waals surface area (Å²) in [6.07, 6.45) is 2.10. The SMILES string of the molecule is CSc1ccc(CN(Cc2ccc(Cl)cc2)Cc2ccc(CN)cc2)cc1. The van der Waals surface area contributed by atoms with Crippen molar-refractivity contribution in [3.05, 3.63) is 100 Å². The van der Waals surface area contributed by atoms with Crippen LogP contribution in [0.2, 0.25) is 5.02 Å². The van der Waals surface area contributed by atoms with Crippen molar-refractivity contribution in [3.8, 4) is 0 Å². The summed E-state index contributed by atoms with van der Waals surface area (Å²) in [5.74, 6) is 0. The summed E-state index contributed by atoms with van der Waals surface area (Å²) in [7, 11) is 0. The highest BCUT2D eigenvalue weighted by Gasteiger charge is 2.09. The number of hydrogen-bond donors (Lipinski definition) is 1. The molecule has 2 nitrogen and oxygen atoms in total. The predicted molar refractivity (Wildman–Crippen MR) is 117 cm³/mol. The highest BCUT2D eigenvalue weighted by atomic mass is 35.5. The van der Waals surface area contributed by atoms with E-state index in [1.807, 2.05) is 12.1 Å². The maximum Gasteiger partial charge on any atom is 0.0406 e. The Kier molecular flexibility index (Phi) is 7.36. The summed E-state index contributed by atoms with van der Waals surface area (Å²) >= 11 is 7.81. The largest absolute Gasteiger partial charge is 0.326 e. The fourth-order valence-corrected chi connectivity index (χ4v) is 3.58. The van der Waals surface area contributed by atoms with E-state index < -0.39 is 0 Å². The second-order valence-corrected chi connectivity index (χ2v) is 7.96. The van der Waals surface area contributed by atoms with Crippen molar-refractivity contribution in [1.29, 1.82) is 0 Å². The van der Waals surface area contributed by atoms with E-state index in [0.29, 0.717) is 6.54 Å². The number of rotatable bonds is 8. The second-order valence-electron chi connectivity index (χ2n) is 6.64. The van der Waals surface area contributed by atoms with Gasteiger partial charge in [0.25, 0.3) is 0 Å². The summed E-state index contributed by atoms with van der Waals surface area (Å²) in [5, 5.41) is 0.773. The number of nitrogens with zero attached hydrogens (tertiary/aromatic N) is 1. The van der Waals surface area contributed by atoms with Crippen LogP contribution in [-0.2, 0) is 26.2 Å². The van der Waals surface area contributed by atoms with Crippen molar-refractivity contribution in [2.24, 2.45) is 5.73 Å². The first kappa shape index (κ1) is 20.0. The topological polar surface area (TPSA) is 29.3 Å². The van der Waals surface area contributed by atoms with Crippen molar-refractivity contribution in [3.63, 3.8) is 0 Å². The van der Waals surface area contributed by atoms with E-state index in [1.54, 1.807) is 11.8 Å². The maximum atomic E-state index is 6.04.